The average molecular weight is 368 g/mol. The molecule has 6 heteroatoms. The first-order valence-corrected chi connectivity index (χ1v) is 9.00. The van der Waals surface area contributed by atoms with Gasteiger partial charge in [0.15, 0.2) is 0 Å². The summed E-state index contributed by atoms with van der Waals surface area (Å²) in [4.78, 5) is 26.1. The molecule has 2 N–H and O–H groups in total. The number of primary amides is 1. The molecule has 0 saturated carbocycles. The van der Waals surface area contributed by atoms with Crippen LogP contribution in [0.1, 0.15) is 18.4 Å². The Labute approximate surface area is 158 Å². The van der Waals surface area contributed by atoms with Crippen molar-refractivity contribution in [3.8, 4) is 11.5 Å². The summed E-state index contributed by atoms with van der Waals surface area (Å²) in [6.07, 6.45) is 1.08. The SMILES string of the molecule is COc1ccc(CCC(=O)N2C[C@@H](Oc3ccccc3)C[C@H]2C(N)=O)cc1. The highest BCUT2D eigenvalue weighted by molar-refractivity contribution is 5.87. The third-order valence-corrected chi connectivity index (χ3v) is 4.74. The van der Waals surface area contributed by atoms with Gasteiger partial charge in [-0.15, -0.1) is 0 Å². The number of hydrogen-bond donors (Lipinski definition) is 1. The van der Waals surface area contributed by atoms with E-state index in [-0.39, 0.29) is 12.0 Å². The number of nitrogens with zero attached hydrogens (tertiary/aromatic N) is 1. The highest BCUT2D eigenvalue weighted by Crippen LogP contribution is 2.24. The quantitative estimate of drug-likeness (QED) is 0.812. The molecule has 0 aliphatic carbocycles. The maximum absolute atomic E-state index is 12.7. The second-order valence-electron chi connectivity index (χ2n) is 6.60. The molecule has 2 aromatic rings. The number of methoxy groups -OCH3 is 1. The van der Waals surface area contributed by atoms with Crippen molar-refractivity contribution >= 4 is 11.8 Å². The third-order valence-electron chi connectivity index (χ3n) is 4.74. The van der Waals surface area contributed by atoms with Crippen molar-refractivity contribution in [1.82, 2.24) is 4.90 Å². The number of aryl methyl sites for hydroxylation is 1. The smallest absolute Gasteiger partial charge is 0.240 e. The standard InChI is InChI=1S/C21H24N2O4/c1-26-16-10-7-15(8-11-16)9-12-20(24)23-14-18(13-19(23)21(22)25)27-17-5-3-2-4-6-17/h2-8,10-11,18-19H,9,12-14H2,1H3,(H2,22,25)/t18-,19-/m0/s1. The molecule has 3 rings (SSSR count). The molecule has 0 radical (unpaired) electrons. The Bertz CT molecular complexity index is 777. The molecule has 0 unspecified atom stereocenters. The number of hydrogen-bond acceptors (Lipinski definition) is 4. The predicted molar refractivity (Wildman–Crippen MR) is 101 cm³/mol. The van der Waals surface area contributed by atoms with Crippen LogP contribution in [0.4, 0.5) is 0 Å². The molecule has 27 heavy (non-hydrogen) atoms. The second kappa shape index (κ2) is 8.58. The summed E-state index contributed by atoms with van der Waals surface area (Å²) in [5.74, 6) is 0.915. The van der Waals surface area contributed by atoms with E-state index in [9.17, 15) is 9.59 Å². The number of para-hydroxylation sites is 1. The van der Waals surface area contributed by atoms with E-state index in [0.29, 0.717) is 25.8 Å². The van der Waals surface area contributed by atoms with Gasteiger partial charge in [0.05, 0.1) is 13.7 Å². The molecule has 2 aromatic carbocycles. The van der Waals surface area contributed by atoms with Gasteiger partial charge >= 0.3 is 0 Å². The molecule has 1 aliphatic rings. The Morgan fingerprint density at radius 3 is 2.41 bits per heavy atom. The van der Waals surface area contributed by atoms with Crippen LogP contribution in [0.2, 0.25) is 0 Å². The maximum atomic E-state index is 12.7. The molecular formula is C21H24N2O4. The molecule has 0 bridgehead atoms. The first kappa shape index (κ1) is 18.8. The fraction of sp³-hybridized carbons (Fsp3) is 0.333. The van der Waals surface area contributed by atoms with Gasteiger partial charge in [-0.3, -0.25) is 9.59 Å². The van der Waals surface area contributed by atoms with Crippen molar-refractivity contribution < 1.29 is 19.1 Å². The average Bonchev–Trinajstić information content (AvgIpc) is 3.11. The lowest BCUT2D eigenvalue weighted by molar-refractivity contribution is -0.137. The summed E-state index contributed by atoms with van der Waals surface area (Å²) in [6.45, 7) is 0.365. The Morgan fingerprint density at radius 2 is 1.78 bits per heavy atom. The first-order chi connectivity index (χ1) is 13.1. The highest BCUT2D eigenvalue weighted by atomic mass is 16.5. The molecule has 0 aromatic heterocycles. The van der Waals surface area contributed by atoms with E-state index >= 15 is 0 Å². The van der Waals surface area contributed by atoms with Crippen molar-refractivity contribution in [1.29, 1.82) is 0 Å². The Morgan fingerprint density at radius 1 is 1.07 bits per heavy atom. The van der Waals surface area contributed by atoms with E-state index in [0.717, 1.165) is 17.1 Å². The van der Waals surface area contributed by atoms with E-state index in [1.165, 1.54) is 0 Å². The fourth-order valence-corrected chi connectivity index (χ4v) is 3.31. The minimum Gasteiger partial charge on any atom is -0.497 e. The minimum atomic E-state index is -0.623. The molecule has 1 fully saturated rings. The molecule has 2 atom stereocenters. The van der Waals surface area contributed by atoms with Crippen molar-refractivity contribution in [2.24, 2.45) is 5.73 Å². The largest absolute Gasteiger partial charge is 0.497 e. The molecule has 1 heterocycles. The first-order valence-electron chi connectivity index (χ1n) is 9.00. The summed E-state index contributed by atoms with van der Waals surface area (Å²) < 4.78 is 11.0. The van der Waals surface area contributed by atoms with Gasteiger partial charge in [0.2, 0.25) is 11.8 Å². The molecule has 6 nitrogen and oxygen atoms in total. The Balaban J connectivity index is 1.60. The van der Waals surface area contributed by atoms with Gasteiger partial charge in [-0.25, -0.2) is 0 Å². The van der Waals surface area contributed by atoms with Crippen LogP contribution in [0.3, 0.4) is 0 Å². The second-order valence-corrected chi connectivity index (χ2v) is 6.60. The molecule has 2 amide bonds. The zero-order valence-electron chi connectivity index (χ0n) is 15.3. The van der Waals surface area contributed by atoms with Gasteiger partial charge in [0.1, 0.15) is 23.6 Å². The van der Waals surface area contributed by atoms with Gasteiger partial charge in [-0.2, -0.15) is 0 Å². The number of ether oxygens (including phenoxy) is 2. The van der Waals surface area contributed by atoms with Crippen LogP contribution >= 0.6 is 0 Å². The van der Waals surface area contributed by atoms with Crippen molar-refractivity contribution in [2.75, 3.05) is 13.7 Å². The number of rotatable bonds is 7. The van der Waals surface area contributed by atoms with E-state index in [1.54, 1.807) is 12.0 Å². The Hall–Kier alpha value is -3.02. The van der Waals surface area contributed by atoms with Gasteiger partial charge < -0.3 is 20.1 Å². The minimum absolute atomic E-state index is 0.0891. The number of nitrogens with two attached hydrogens (primary N) is 1. The van der Waals surface area contributed by atoms with Crippen LogP contribution in [0, 0.1) is 0 Å². The van der Waals surface area contributed by atoms with Crippen LogP contribution < -0.4 is 15.2 Å². The lowest BCUT2D eigenvalue weighted by Gasteiger charge is -2.22. The van der Waals surface area contributed by atoms with E-state index in [2.05, 4.69) is 0 Å². The predicted octanol–water partition coefficient (Wildman–Crippen LogP) is 2.16. The highest BCUT2D eigenvalue weighted by Gasteiger charge is 2.39. The zero-order valence-corrected chi connectivity index (χ0v) is 15.3. The normalized spacial score (nSPS) is 18.9. The van der Waals surface area contributed by atoms with Gasteiger partial charge in [0.25, 0.3) is 0 Å². The molecular weight excluding hydrogens is 344 g/mol. The monoisotopic (exact) mass is 368 g/mol. The number of carbonyl (C=O) groups is 2. The summed E-state index contributed by atoms with van der Waals surface area (Å²) in [6, 6.07) is 16.4. The summed E-state index contributed by atoms with van der Waals surface area (Å²) >= 11 is 0. The third kappa shape index (κ3) is 4.78. The van der Waals surface area contributed by atoms with Gasteiger partial charge in [0, 0.05) is 12.8 Å². The fourth-order valence-electron chi connectivity index (χ4n) is 3.31. The lowest BCUT2D eigenvalue weighted by Crippen LogP contribution is -2.43. The van der Waals surface area contributed by atoms with E-state index in [1.807, 2.05) is 54.6 Å². The number of carbonyl (C=O) groups excluding carboxylic acids is 2. The topological polar surface area (TPSA) is 81.9 Å². The number of benzene rings is 2. The number of likely N-dealkylation sites (tertiary alicyclic amines) is 1. The maximum Gasteiger partial charge on any atom is 0.240 e. The number of amides is 2. The summed E-state index contributed by atoms with van der Waals surface area (Å²) in [5.41, 5.74) is 6.56. The van der Waals surface area contributed by atoms with E-state index in [4.69, 9.17) is 15.2 Å². The molecule has 142 valence electrons. The molecule has 1 saturated heterocycles. The van der Waals surface area contributed by atoms with Crippen LogP contribution in [-0.2, 0) is 16.0 Å². The lowest BCUT2D eigenvalue weighted by atomic mass is 10.1. The summed E-state index contributed by atoms with van der Waals surface area (Å²) in [5, 5.41) is 0. The Kier molecular flexibility index (Phi) is 5.96. The van der Waals surface area contributed by atoms with Crippen LogP contribution in [-0.4, -0.2) is 42.5 Å². The summed E-state index contributed by atoms with van der Waals surface area (Å²) in [7, 11) is 1.61. The van der Waals surface area contributed by atoms with Gasteiger partial charge in [-0.1, -0.05) is 30.3 Å². The van der Waals surface area contributed by atoms with E-state index < -0.39 is 11.9 Å². The molecule has 1 aliphatic heterocycles. The molecule has 0 spiro atoms. The van der Waals surface area contributed by atoms with Crippen molar-refractivity contribution in [3.63, 3.8) is 0 Å². The van der Waals surface area contributed by atoms with Crippen LogP contribution in [0.5, 0.6) is 11.5 Å². The van der Waals surface area contributed by atoms with Gasteiger partial charge in [-0.05, 0) is 36.2 Å². The zero-order chi connectivity index (χ0) is 19.2. The van der Waals surface area contributed by atoms with Crippen LogP contribution in [0.25, 0.3) is 0 Å². The van der Waals surface area contributed by atoms with Crippen molar-refractivity contribution in [3.05, 3.63) is 60.2 Å². The van der Waals surface area contributed by atoms with Crippen molar-refractivity contribution in [2.45, 2.75) is 31.4 Å². The van der Waals surface area contributed by atoms with Crippen LogP contribution in [0.15, 0.2) is 54.6 Å².